The van der Waals surface area contributed by atoms with Crippen LogP contribution in [0.25, 0.3) is 0 Å². The lowest BCUT2D eigenvalue weighted by atomic mass is 9.99. The Hall–Kier alpha value is -4.19. The molecule has 13 heteroatoms. The second-order valence-electron chi connectivity index (χ2n) is 10.4. The molecule has 0 bridgehead atoms. The Labute approximate surface area is 258 Å². The summed E-state index contributed by atoms with van der Waals surface area (Å²) in [5, 5.41) is 19.1. The van der Waals surface area contributed by atoms with Crippen LogP contribution >= 0.6 is 23.2 Å². The molecule has 3 N–H and O–H groups in total. The molecule has 0 saturated carbocycles. The van der Waals surface area contributed by atoms with E-state index in [2.05, 4.69) is 15.8 Å². The monoisotopic (exact) mass is 628 g/mol. The zero-order valence-electron chi connectivity index (χ0n) is 23.5. The van der Waals surface area contributed by atoms with E-state index in [0.29, 0.717) is 44.9 Å². The van der Waals surface area contributed by atoms with Gasteiger partial charge in [0.25, 0.3) is 0 Å². The van der Waals surface area contributed by atoms with Gasteiger partial charge < -0.3 is 10.2 Å². The first kappa shape index (κ1) is 31.7. The van der Waals surface area contributed by atoms with Crippen molar-refractivity contribution in [2.45, 2.75) is 44.8 Å². The van der Waals surface area contributed by atoms with E-state index in [1.165, 1.54) is 35.4 Å². The molecule has 1 aliphatic heterocycles. The van der Waals surface area contributed by atoms with E-state index in [-0.39, 0.29) is 24.7 Å². The van der Waals surface area contributed by atoms with Crippen LogP contribution < -0.4 is 15.6 Å². The van der Waals surface area contributed by atoms with Crippen LogP contribution in [0.4, 0.5) is 25.4 Å². The van der Waals surface area contributed by atoms with E-state index in [4.69, 9.17) is 23.2 Å². The summed E-state index contributed by atoms with van der Waals surface area (Å²) in [5.74, 6) is -0.678. The second kappa shape index (κ2) is 13.9. The number of rotatable bonds is 10. The maximum atomic E-state index is 13.8. The van der Waals surface area contributed by atoms with Gasteiger partial charge in [-0.1, -0.05) is 35.3 Å². The van der Waals surface area contributed by atoms with Gasteiger partial charge in [0.15, 0.2) is 6.17 Å². The zero-order valence-corrected chi connectivity index (χ0v) is 25.0. The lowest BCUT2D eigenvalue weighted by molar-refractivity contribution is -0.121. The molecule has 0 aliphatic carbocycles. The molecule has 1 atom stereocenters. The van der Waals surface area contributed by atoms with Crippen molar-refractivity contribution in [1.29, 1.82) is 0 Å². The van der Waals surface area contributed by atoms with E-state index in [9.17, 15) is 24.0 Å². The molecule has 1 heterocycles. The molecule has 3 aromatic rings. The summed E-state index contributed by atoms with van der Waals surface area (Å²) < 4.78 is 13.0. The molecule has 0 spiro atoms. The van der Waals surface area contributed by atoms with Crippen molar-refractivity contribution < 1.29 is 24.0 Å². The average molecular weight is 630 g/mol. The summed E-state index contributed by atoms with van der Waals surface area (Å²) in [7, 11) is 0. The Morgan fingerprint density at radius 3 is 2.23 bits per heavy atom. The molecule has 0 aromatic heterocycles. The first-order chi connectivity index (χ1) is 20.5. The molecule has 5 amide bonds. The maximum Gasteiger partial charge on any atom is 0.347 e. The molecule has 3 aromatic carbocycles. The fourth-order valence-corrected chi connectivity index (χ4v) is 5.00. The number of unbranched alkanes of at least 4 members (excludes halogenated alkanes) is 1. The van der Waals surface area contributed by atoms with Crippen LogP contribution in [0.1, 0.15) is 38.7 Å². The number of amides is 5. The second-order valence-corrected chi connectivity index (χ2v) is 11.3. The Balaban J connectivity index is 1.42. The van der Waals surface area contributed by atoms with Crippen molar-refractivity contribution in [3.63, 3.8) is 0 Å². The summed E-state index contributed by atoms with van der Waals surface area (Å²) in [4.78, 5) is 42.1. The van der Waals surface area contributed by atoms with Gasteiger partial charge in [0.1, 0.15) is 5.82 Å². The predicted molar refractivity (Wildman–Crippen MR) is 164 cm³/mol. The van der Waals surface area contributed by atoms with Crippen LogP contribution in [0.5, 0.6) is 0 Å². The van der Waals surface area contributed by atoms with E-state index < -0.39 is 23.8 Å². The van der Waals surface area contributed by atoms with Crippen molar-refractivity contribution in [2.75, 3.05) is 16.8 Å². The van der Waals surface area contributed by atoms with Gasteiger partial charge in [0, 0.05) is 34.4 Å². The third kappa shape index (κ3) is 7.81. The number of nitrogens with zero attached hydrogens (tertiary/aromatic N) is 4. The molecule has 0 unspecified atom stereocenters. The number of hydrogen-bond donors (Lipinski definition) is 3. The fourth-order valence-electron chi connectivity index (χ4n) is 4.75. The van der Waals surface area contributed by atoms with Crippen molar-refractivity contribution in [2.24, 2.45) is 5.10 Å². The van der Waals surface area contributed by atoms with Crippen LogP contribution in [-0.2, 0) is 4.79 Å². The molecule has 4 rings (SSSR count). The molecule has 1 saturated heterocycles. The normalized spacial score (nSPS) is 16.0. The average Bonchev–Trinajstić information content (AvgIpc) is 3.17. The SMILES string of the molecule is CC1(C)[C@H](N(O)C(=O)Nc2ccc(Cl)cc2)N(c2ccc(Cl)cc2)C(=O)N1CCCCC(=O)N/N=C\c1ccc(F)cc1. The molecule has 226 valence electrons. The quantitative estimate of drug-likeness (QED) is 0.0999. The van der Waals surface area contributed by atoms with Crippen molar-refractivity contribution in [3.05, 3.63) is 94.2 Å². The van der Waals surface area contributed by atoms with Crippen molar-refractivity contribution >= 4 is 58.8 Å². The van der Waals surface area contributed by atoms with Crippen LogP contribution in [-0.4, -0.2) is 57.6 Å². The molecule has 43 heavy (non-hydrogen) atoms. The van der Waals surface area contributed by atoms with E-state index in [1.54, 1.807) is 67.3 Å². The first-order valence-electron chi connectivity index (χ1n) is 13.5. The van der Waals surface area contributed by atoms with Crippen LogP contribution in [0.2, 0.25) is 10.0 Å². The van der Waals surface area contributed by atoms with Gasteiger partial charge in [-0.3, -0.25) is 14.9 Å². The first-order valence-corrected chi connectivity index (χ1v) is 14.2. The molecule has 10 nitrogen and oxygen atoms in total. The van der Waals surface area contributed by atoms with Gasteiger partial charge in [-0.15, -0.1) is 0 Å². The van der Waals surface area contributed by atoms with Crippen LogP contribution in [0.15, 0.2) is 77.9 Å². The molecular weight excluding hydrogens is 598 g/mol. The number of hydrogen-bond acceptors (Lipinski definition) is 5. The number of carbonyl (C=O) groups is 3. The largest absolute Gasteiger partial charge is 0.347 e. The van der Waals surface area contributed by atoms with Gasteiger partial charge in [0.05, 0.1) is 11.8 Å². The Morgan fingerprint density at radius 2 is 1.60 bits per heavy atom. The smallest absolute Gasteiger partial charge is 0.315 e. The summed E-state index contributed by atoms with van der Waals surface area (Å²) in [6, 6.07) is 17.3. The zero-order chi connectivity index (χ0) is 31.1. The Morgan fingerprint density at radius 1 is 1.00 bits per heavy atom. The highest BCUT2D eigenvalue weighted by atomic mass is 35.5. The third-order valence-electron chi connectivity index (χ3n) is 6.96. The highest BCUT2D eigenvalue weighted by Crippen LogP contribution is 2.38. The van der Waals surface area contributed by atoms with E-state index in [0.717, 1.165) is 0 Å². The van der Waals surface area contributed by atoms with Gasteiger partial charge in [0.2, 0.25) is 5.91 Å². The number of benzene rings is 3. The summed E-state index contributed by atoms with van der Waals surface area (Å²) in [5.41, 5.74) is 2.86. The number of hydrazone groups is 1. The fraction of sp³-hybridized carbons (Fsp3) is 0.267. The van der Waals surface area contributed by atoms with Crippen molar-refractivity contribution in [3.8, 4) is 0 Å². The molecule has 0 radical (unpaired) electrons. The van der Waals surface area contributed by atoms with Crippen LogP contribution in [0.3, 0.4) is 0 Å². The van der Waals surface area contributed by atoms with E-state index >= 15 is 0 Å². The summed E-state index contributed by atoms with van der Waals surface area (Å²) in [6.07, 6.45) is 1.37. The van der Waals surface area contributed by atoms with Gasteiger partial charge in [-0.05, 0) is 92.9 Å². The van der Waals surface area contributed by atoms with Gasteiger partial charge in [-0.25, -0.2) is 19.4 Å². The minimum atomic E-state index is -1.11. The predicted octanol–water partition coefficient (Wildman–Crippen LogP) is 6.72. The topological polar surface area (TPSA) is 118 Å². The minimum absolute atomic E-state index is 0.156. The lowest BCUT2D eigenvalue weighted by Gasteiger charge is -2.38. The molecule has 1 aliphatic rings. The summed E-state index contributed by atoms with van der Waals surface area (Å²) >= 11 is 12.0. The number of nitrogens with one attached hydrogen (secondary N) is 2. The summed E-state index contributed by atoms with van der Waals surface area (Å²) in [6.45, 7) is 3.76. The number of anilines is 2. The number of carbonyl (C=O) groups excluding carboxylic acids is 3. The number of urea groups is 2. The number of halogens is 3. The standard InChI is InChI=1S/C30H31Cl2FN6O4/c1-30(2)27(39(43)28(41)35-24-14-8-21(31)9-15-24)38(25-16-10-22(32)11-17-25)29(42)37(30)18-4-3-5-26(40)36-34-19-20-6-12-23(33)13-7-20/h6-17,19,27,43H,3-5,18H2,1-2H3,(H,35,41)(H,36,40)/b34-19-/t27-/m0/s1. The lowest BCUT2D eigenvalue weighted by Crippen LogP contribution is -2.58. The van der Waals surface area contributed by atoms with E-state index in [1.807, 2.05) is 0 Å². The third-order valence-corrected chi connectivity index (χ3v) is 7.46. The molecular formula is C30H31Cl2FN6O4. The minimum Gasteiger partial charge on any atom is -0.315 e. The highest BCUT2D eigenvalue weighted by Gasteiger charge is 2.55. The van der Waals surface area contributed by atoms with Gasteiger partial charge in [-0.2, -0.15) is 10.2 Å². The maximum absolute atomic E-state index is 13.8. The Kier molecular flexibility index (Phi) is 10.2. The Bertz CT molecular complexity index is 1470. The highest BCUT2D eigenvalue weighted by molar-refractivity contribution is 6.31. The molecule has 1 fully saturated rings. The van der Waals surface area contributed by atoms with Crippen LogP contribution in [0, 0.1) is 5.82 Å². The number of hydroxylamine groups is 2. The van der Waals surface area contributed by atoms with Gasteiger partial charge >= 0.3 is 12.1 Å². The van der Waals surface area contributed by atoms with Crippen molar-refractivity contribution in [1.82, 2.24) is 15.4 Å².